The van der Waals surface area contributed by atoms with E-state index < -0.39 is 0 Å². The third-order valence-electron chi connectivity index (χ3n) is 3.26. The maximum Gasteiger partial charge on any atom is 0.0372 e. The predicted molar refractivity (Wildman–Crippen MR) is 59.4 cm³/mol. The molecule has 0 atom stereocenters. The molecule has 76 valence electrons. The largest absolute Gasteiger partial charge is 0.261 e. The zero-order valence-corrected chi connectivity index (χ0v) is 9.00. The van der Waals surface area contributed by atoms with Crippen molar-refractivity contribution < 1.29 is 0 Å². The Balaban J connectivity index is 2.08. The van der Waals surface area contributed by atoms with Gasteiger partial charge in [0.2, 0.25) is 0 Å². The van der Waals surface area contributed by atoms with Crippen molar-refractivity contribution in [2.75, 3.05) is 0 Å². The van der Waals surface area contributed by atoms with E-state index in [1.165, 1.54) is 44.1 Å². The van der Waals surface area contributed by atoms with E-state index in [0.717, 1.165) is 11.6 Å². The van der Waals surface area contributed by atoms with Gasteiger partial charge >= 0.3 is 0 Å². The van der Waals surface area contributed by atoms with Crippen molar-refractivity contribution in [2.45, 2.75) is 51.4 Å². The van der Waals surface area contributed by atoms with E-state index in [4.69, 9.17) is 0 Å². The summed E-state index contributed by atoms with van der Waals surface area (Å²) in [6.07, 6.45) is 10.5. The summed E-state index contributed by atoms with van der Waals surface area (Å²) >= 11 is 0. The summed E-state index contributed by atoms with van der Waals surface area (Å²) < 4.78 is 0. The molecule has 1 heteroatoms. The van der Waals surface area contributed by atoms with Crippen molar-refractivity contribution >= 4 is 0 Å². The van der Waals surface area contributed by atoms with Gasteiger partial charge in [0.1, 0.15) is 0 Å². The lowest BCUT2D eigenvalue weighted by Gasteiger charge is -2.13. The Labute approximate surface area is 86.6 Å². The molecule has 1 saturated carbocycles. The first-order chi connectivity index (χ1) is 6.86. The van der Waals surface area contributed by atoms with Gasteiger partial charge in [0.15, 0.2) is 0 Å². The smallest absolute Gasteiger partial charge is 0.0372 e. The lowest BCUT2D eigenvalue weighted by Crippen LogP contribution is -1.98. The molecule has 1 heterocycles. The van der Waals surface area contributed by atoms with Gasteiger partial charge in [0, 0.05) is 11.9 Å². The molecule has 1 aliphatic rings. The van der Waals surface area contributed by atoms with Gasteiger partial charge in [-0.05, 0) is 37.3 Å². The van der Waals surface area contributed by atoms with Gasteiger partial charge in [-0.15, -0.1) is 0 Å². The van der Waals surface area contributed by atoms with E-state index in [2.05, 4.69) is 30.2 Å². The molecule has 0 spiro atoms. The minimum absolute atomic E-state index is 0.783. The molecule has 1 nitrogen and oxygen atoms in total. The van der Waals surface area contributed by atoms with Crippen molar-refractivity contribution in [3.05, 3.63) is 29.6 Å². The highest BCUT2D eigenvalue weighted by Gasteiger charge is 2.13. The number of rotatable bonds is 1. The van der Waals surface area contributed by atoms with E-state index in [9.17, 15) is 0 Å². The van der Waals surface area contributed by atoms with Gasteiger partial charge in [0.25, 0.3) is 0 Å². The molecule has 1 fully saturated rings. The predicted octanol–water partition coefficient (Wildman–Crippen LogP) is 3.83. The van der Waals surface area contributed by atoms with Crippen molar-refractivity contribution in [3.8, 4) is 0 Å². The van der Waals surface area contributed by atoms with E-state index >= 15 is 0 Å². The molecule has 1 aromatic rings. The summed E-state index contributed by atoms with van der Waals surface area (Å²) in [4.78, 5) is 4.38. The van der Waals surface area contributed by atoms with Crippen LogP contribution in [0.2, 0.25) is 0 Å². The van der Waals surface area contributed by atoms with E-state index in [0.29, 0.717) is 0 Å². The second-order valence-corrected chi connectivity index (χ2v) is 4.42. The minimum atomic E-state index is 0.783. The van der Waals surface area contributed by atoms with E-state index in [-0.39, 0.29) is 0 Å². The Morgan fingerprint density at radius 3 is 2.36 bits per heavy atom. The maximum absolute atomic E-state index is 4.38. The third kappa shape index (κ3) is 2.34. The monoisotopic (exact) mass is 189 g/mol. The van der Waals surface area contributed by atoms with Gasteiger partial charge in [-0.2, -0.15) is 0 Å². The number of aryl methyl sites for hydroxylation is 1. The number of pyridine rings is 1. The van der Waals surface area contributed by atoms with Crippen LogP contribution in [-0.4, -0.2) is 4.98 Å². The Bertz CT molecular complexity index is 268. The lowest BCUT2D eigenvalue weighted by atomic mass is 9.93. The summed E-state index contributed by atoms with van der Waals surface area (Å²) in [6, 6.07) is 4.40. The van der Waals surface area contributed by atoms with Crippen LogP contribution in [0.3, 0.4) is 0 Å². The lowest BCUT2D eigenvalue weighted by molar-refractivity contribution is 0.590. The molecule has 0 bridgehead atoms. The number of nitrogens with zero attached hydrogens (tertiary/aromatic N) is 1. The van der Waals surface area contributed by atoms with Gasteiger partial charge in [0.05, 0.1) is 0 Å². The second-order valence-electron chi connectivity index (χ2n) is 4.42. The van der Waals surface area contributed by atoms with Crippen LogP contribution in [-0.2, 0) is 0 Å². The highest BCUT2D eigenvalue weighted by molar-refractivity contribution is 5.17. The normalized spacial score (nSPS) is 19.2. The molecule has 0 aromatic carbocycles. The Hall–Kier alpha value is -0.850. The summed E-state index contributed by atoms with van der Waals surface area (Å²) in [5.41, 5.74) is 2.58. The van der Waals surface area contributed by atoms with Crippen LogP contribution >= 0.6 is 0 Å². The number of hydrogen-bond donors (Lipinski definition) is 0. The topological polar surface area (TPSA) is 12.9 Å². The van der Waals surface area contributed by atoms with E-state index in [1.54, 1.807) is 0 Å². The molecule has 0 unspecified atom stereocenters. The first kappa shape index (κ1) is 9.70. The highest BCUT2D eigenvalue weighted by atomic mass is 14.7. The summed E-state index contributed by atoms with van der Waals surface area (Å²) in [6.45, 7) is 2.05. The molecule has 2 rings (SSSR count). The standard InChI is InChI=1S/C13H19N/c1-11-8-9-13(10-14-11)12-6-4-2-3-5-7-12/h8-10,12H,2-7H2,1H3. The molecular weight excluding hydrogens is 170 g/mol. The van der Waals surface area contributed by atoms with Gasteiger partial charge in [-0.3, -0.25) is 4.98 Å². The van der Waals surface area contributed by atoms with Gasteiger partial charge < -0.3 is 0 Å². The number of hydrogen-bond acceptors (Lipinski definition) is 1. The average Bonchev–Trinajstić information content (AvgIpc) is 2.47. The Morgan fingerprint density at radius 2 is 1.79 bits per heavy atom. The summed E-state index contributed by atoms with van der Waals surface area (Å²) in [5, 5.41) is 0. The first-order valence-electron chi connectivity index (χ1n) is 5.79. The Kier molecular flexibility index (Phi) is 3.18. The van der Waals surface area contributed by atoms with Crippen LogP contribution in [0.15, 0.2) is 18.3 Å². The molecule has 0 radical (unpaired) electrons. The van der Waals surface area contributed by atoms with Crippen molar-refractivity contribution in [3.63, 3.8) is 0 Å². The van der Waals surface area contributed by atoms with Crippen LogP contribution in [0.25, 0.3) is 0 Å². The molecule has 0 aliphatic heterocycles. The van der Waals surface area contributed by atoms with Crippen LogP contribution < -0.4 is 0 Å². The van der Waals surface area contributed by atoms with Crippen molar-refractivity contribution in [1.29, 1.82) is 0 Å². The zero-order valence-electron chi connectivity index (χ0n) is 9.00. The average molecular weight is 189 g/mol. The van der Waals surface area contributed by atoms with Crippen molar-refractivity contribution in [1.82, 2.24) is 4.98 Å². The molecular formula is C13H19N. The fraction of sp³-hybridized carbons (Fsp3) is 0.615. The summed E-state index contributed by atoms with van der Waals surface area (Å²) in [5.74, 6) is 0.783. The molecule has 1 aliphatic carbocycles. The summed E-state index contributed by atoms with van der Waals surface area (Å²) in [7, 11) is 0. The molecule has 0 amide bonds. The number of aromatic nitrogens is 1. The van der Waals surface area contributed by atoms with Gasteiger partial charge in [-0.25, -0.2) is 0 Å². The van der Waals surface area contributed by atoms with E-state index in [1.807, 2.05) is 0 Å². The SMILES string of the molecule is Cc1ccc(C2CCCCCC2)cn1. The van der Waals surface area contributed by atoms with Crippen LogP contribution in [0, 0.1) is 6.92 Å². The fourth-order valence-corrected chi connectivity index (χ4v) is 2.33. The minimum Gasteiger partial charge on any atom is -0.261 e. The quantitative estimate of drug-likeness (QED) is 0.612. The third-order valence-corrected chi connectivity index (χ3v) is 3.26. The van der Waals surface area contributed by atoms with Gasteiger partial charge in [-0.1, -0.05) is 31.7 Å². The van der Waals surface area contributed by atoms with Crippen LogP contribution in [0.5, 0.6) is 0 Å². The molecule has 1 aromatic heterocycles. The maximum atomic E-state index is 4.38. The fourth-order valence-electron chi connectivity index (χ4n) is 2.33. The molecule has 0 N–H and O–H groups in total. The van der Waals surface area contributed by atoms with Crippen molar-refractivity contribution in [2.24, 2.45) is 0 Å². The molecule has 14 heavy (non-hydrogen) atoms. The van der Waals surface area contributed by atoms with Crippen LogP contribution in [0.4, 0.5) is 0 Å². The molecule has 0 saturated heterocycles. The Morgan fingerprint density at radius 1 is 1.07 bits per heavy atom. The zero-order chi connectivity index (χ0) is 9.80. The van der Waals surface area contributed by atoms with Crippen LogP contribution in [0.1, 0.15) is 55.7 Å². The second kappa shape index (κ2) is 4.59. The first-order valence-corrected chi connectivity index (χ1v) is 5.79. The highest BCUT2D eigenvalue weighted by Crippen LogP contribution is 2.30.